The predicted molar refractivity (Wildman–Crippen MR) is 95.8 cm³/mol. The molecule has 25 heavy (non-hydrogen) atoms. The molecular formula is C20H21ClFNO2. The van der Waals surface area contributed by atoms with Gasteiger partial charge in [-0.25, -0.2) is 4.39 Å². The Hall–Kier alpha value is -1.78. The van der Waals surface area contributed by atoms with Crippen molar-refractivity contribution in [2.45, 2.75) is 32.0 Å². The van der Waals surface area contributed by atoms with Gasteiger partial charge in [-0.1, -0.05) is 23.7 Å². The van der Waals surface area contributed by atoms with Crippen LogP contribution in [0, 0.1) is 11.7 Å². The van der Waals surface area contributed by atoms with Crippen LogP contribution in [-0.4, -0.2) is 13.1 Å². The van der Waals surface area contributed by atoms with E-state index in [1.165, 1.54) is 6.07 Å². The second-order valence-corrected chi connectivity index (χ2v) is 7.35. The SMILES string of the molecule is CC1(c2ccc(Cl)cc2F)Oc2cccc(CC3CCNCC3)c2O1. The molecule has 0 radical (unpaired) electrons. The molecule has 2 aromatic carbocycles. The molecule has 0 bridgehead atoms. The van der Waals surface area contributed by atoms with Crippen LogP contribution in [-0.2, 0) is 12.2 Å². The van der Waals surface area contributed by atoms with Crippen molar-refractivity contribution in [3.8, 4) is 11.5 Å². The van der Waals surface area contributed by atoms with E-state index in [2.05, 4.69) is 11.4 Å². The van der Waals surface area contributed by atoms with Crippen molar-refractivity contribution < 1.29 is 13.9 Å². The van der Waals surface area contributed by atoms with Crippen LogP contribution in [0.25, 0.3) is 0 Å². The largest absolute Gasteiger partial charge is 0.444 e. The van der Waals surface area contributed by atoms with Crippen molar-refractivity contribution in [3.05, 3.63) is 58.4 Å². The Balaban J connectivity index is 1.62. The maximum absolute atomic E-state index is 14.4. The fourth-order valence-electron chi connectivity index (χ4n) is 3.71. The average molecular weight is 362 g/mol. The lowest BCUT2D eigenvalue weighted by atomic mass is 9.90. The van der Waals surface area contributed by atoms with Gasteiger partial charge in [0.05, 0.1) is 5.56 Å². The highest BCUT2D eigenvalue weighted by Gasteiger charge is 2.42. The number of para-hydroxylation sites is 1. The second-order valence-electron chi connectivity index (χ2n) is 6.92. The van der Waals surface area contributed by atoms with Crippen LogP contribution in [0.3, 0.4) is 0 Å². The number of hydrogen-bond acceptors (Lipinski definition) is 3. The highest BCUT2D eigenvalue weighted by atomic mass is 35.5. The van der Waals surface area contributed by atoms with Crippen LogP contribution < -0.4 is 14.8 Å². The van der Waals surface area contributed by atoms with Gasteiger partial charge in [-0.15, -0.1) is 0 Å². The molecule has 0 saturated carbocycles. The highest BCUT2D eigenvalue weighted by Crippen LogP contribution is 2.47. The molecule has 1 unspecified atom stereocenters. The molecule has 1 N–H and O–H groups in total. The first-order valence-electron chi connectivity index (χ1n) is 8.71. The third-order valence-corrected chi connectivity index (χ3v) is 5.28. The molecule has 5 heteroatoms. The van der Waals surface area contributed by atoms with Gasteiger partial charge in [-0.05, 0) is 68.1 Å². The fourth-order valence-corrected chi connectivity index (χ4v) is 3.87. The Morgan fingerprint density at radius 1 is 1.20 bits per heavy atom. The van der Waals surface area contributed by atoms with Crippen molar-refractivity contribution in [2.75, 3.05) is 13.1 Å². The summed E-state index contributed by atoms with van der Waals surface area (Å²) in [5, 5.41) is 3.74. The van der Waals surface area contributed by atoms with Gasteiger partial charge in [0.15, 0.2) is 11.5 Å². The topological polar surface area (TPSA) is 30.5 Å². The zero-order chi connectivity index (χ0) is 17.4. The van der Waals surface area contributed by atoms with Crippen molar-refractivity contribution in [2.24, 2.45) is 5.92 Å². The average Bonchev–Trinajstić information content (AvgIpc) is 2.94. The molecule has 2 aliphatic heterocycles. The standard InChI is InChI=1S/C20H21ClFNO2/c1-20(16-6-5-15(21)12-17(16)22)24-18-4-2-3-14(19(18)25-20)11-13-7-9-23-10-8-13/h2-6,12-13,23H,7-11H2,1H3. The number of benzene rings is 2. The Bertz CT molecular complexity index is 791. The van der Waals surface area contributed by atoms with Crippen LogP contribution in [0.2, 0.25) is 5.02 Å². The zero-order valence-electron chi connectivity index (χ0n) is 14.1. The van der Waals surface area contributed by atoms with E-state index < -0.39 is 11.6 Å². The molecule has 132 valence electrons. The fraction of sp³-hybridized carbons (Fsp3) is 0.400. The Labute approximate surface area is 152 Å². The van der Waals surface area contributed by atoms with Gasteiger partial charge in [0, 0.05) is 11.9 Å². The summed E-state index contributed by atoms with van der Waals surface area (Å²) in [4.78, 5) is 0. The summed E-state index contributed by atoms with van der Waals surface area (Å²) < 4.78 is 26.6. The van der Waals surface area contributed by atoms with E-state index in [0.717, 1.165) is 43.7 Å². The summed E-state index contributed by atoms with van der Waals surface area (Å²) >= 11 is 5.87. The van der Waals surface area contributed by atoms with Gasteiger partial charge in [0.1, 0.15) is 5.82 Å². The van der Waals surface area contributed by atoms with Gasteiger partial charge in [0.2, 0.25) is 0 Å². The van der Waals surface area contributed by atoms with E-state index in [4.69, 9.17) is 21.1 Å². The van der Waals surface area contributed by atoms with Gasteiger partial charge >= 0.3 is 0 Å². The van der Waals surface area contributed by atoms with E-state index in [-0.39, 0.29) is 0 Å². The Morgan fingerprint density at radius 2 is 2.00 bits per heavy atom. The van der Waals surface area contributed by atoms with Crippen molar-refractivity contribution in [1.82, 2.24) is 5.32 Å². The summed E-state index contributed by atoms with van der Waals surface area (Å²) in [6.07, 6.45) is 3.27. The molecule has 0 aromatic heterocycles. The summed E-state index contributed by atoms with van der Waals surface area (Å²) in [5.74, 6) is 0.431. The first-order chi connectivity index (χ1) is 12.0. The molecular weight excluding hydrogens is 341 g/mol. The summed E-state index contributed by atoms with van der Waals surface area (Å²) in [7, 11) is 0. The molecule has 2 aromatic rings. The number of nitrogens with one attached hydrogen (secondary N) is 1. The first kappa shape index (κ1) is 16.7. The molecule has 4 rings (SSSR count). The van der Waals surface area contributed by atoms with Crippen LogP contribution in [0.4, 0.5) is 4.39 Å². The van der Waals surface area contributed by atoms with Crippen LogP contribution >= 0.6 is 11.6 Å². The Kier molecular flexibility index (Phi) is 4.34. The van der Waals surface area contributed by atoms with E-state index in [1.54, 1.807) is 19.1 Å². The van der Waals surface area contributed by atoms with Gasteiger partial charge < -0.3 is 14.8 Å². The maximum atomic E-state index is 14.4. The van der Waals surface area contributed by atoms with Crippen molar-refractivity contribution >= 4 is 11.6 Å². The maximum Gasteiger partial charge on any atom is 0.278 e. The van der Waals surface area contributed by atoms with E-state index in [0.29, 0.717) is 22.3 Å². The lowest BCUT2D eigenvalue weighted by molar-refractivity contribution is -0.0710. The lowest BCUT2D eigenvalue weighted by Gasteiger charge is -2.25. The number of piperidine rings is 1. The second kappa shape index (κ2) is 6.50. The summed E-state index contributed by atoms with van der Waals surface area (Å²) in [6, 6.07) is 10.5. The minimum atomic E-state index is -1.18. The minimum Gasteiger partial charge on any atom is -0.444 e. The third kappa shape index (κ3) is 3.21. The van der Waals surface area contributed by atoms with Crippen molar-refractivity contribution in [3.63, 3.8) is 0 Å². The van der Waals surface area contributed by atoms with Crippen LogP contribution in [0.1, 0.15) is 30.9 Å². The van der Waals surface area contributed by atoms with Crippen molar-refractivity contribution in [1.29, 1.82) is 0 Å². The summed E-state index contributed by atoms with van der Waals surface area (Å²) in [5.41, 5.74) is 1.48. The monoisotopic (exact) mass is 361 g/mol. The van der Waals surface area contributed by atoms with Crippen LogP contribution in [0.15, 0.2) is 36.4 Å². The number of ether oxygens (including phenoxy) is 2. The number of hydrogen-bond donors (Lipinski definition) is 1. The van der Waals surface area contributed by atoms with E-state index >= 15 is 0 Å². The normalized spacial score (nSPS) is 23.0. The predicted octanol–water partition coefficient (Wildman–Crippen LogP) is 4.67. The van der Waals surface area contributed by atoms with Crippen LogP contribution in [0.5, 0.6) is 11.5 Å². The lowest BCUT2D eigenvalue weighted by Crippen LogP contribution is -2.32. The Morgan fingerprint density at radius 3 is 2.76 bits per heavy atom. The quantitative estimate of drug-likeness (QED) is 0.862. The van der Waals surface area contributed by atoms with Gasteiger partial charge in [-0.3, -0.25) is 0 Å². The molecule has 0 spiro atoms. The van der Waals surface area contributed by atoms with E-state index in [1.807, 2.05) is 12.1 Å². The number of rotatable bonds is 3. The zero-order valence-corrected chi connectivity index (χ0v) is 14.9. The molecule has 2 heterocycles. The number of fused-ring (bicyclic) bond motifs is 1. The molecule has 1 saturated heterocycles. The minimum absolute atomic E-state index is 0.348. The smallest absolute Gasteiger partial charge is 0.278 e. The first-order valence-corrected chi connectivity index (χ1v) is 9.09. The third-order valence-electron chi connectivity index (χ3n) is 5.05. The van der Waals surface area contributed by atoms with Gasteiger partial charge in [-0.2, -0.15) is 0 Å². The molecule has 1 atom stereocenters. The molecule has 0 aliphatic carbocycles. The van der Waals surface area contributed by atoms with E-state index in [9.17, 15) is 4.39 Å². The molecule has 3 nitrogen and oxygen atoms in total. The summed E-state index contributed by atoms with van der Waals surface area (Å²) in [6.45, 7) is 3.86. The highest BCUT2D eigenvalue weighted by molar-refractivity contribution is 6.30. The molecule has 1 fully saturated rings. The molecule has 0 amide bonds. The number of halogens is 2. The van der Waals surface area contributed by atoms with Gasteiger partial charge in [0.25, 0.3) is 5.79 Å². The molecule has 2 aliphatic rings.